The molecule has 0 aliphatic heterocycles. The number of nitrogens with one attached hydrogen (secondary N) is 2. The first-order valence-corrected chi connectivity index (χ1v) is 9.02. The number of amides is 1. The summed E-state index contributed by atoms with van der Waals surface area (Å²) in [6, 6.07) is 0. The van der Waals surface area contributed by atoms with Crippen molar-refractivity contribution in [3.63, 3.8) is 0 Å². The molecule has 8 heteroatoms. The van der Waals surface area contributed by atoms with Crippen LogP contribution in [0.5, 0.6) is 0 Å². The summed E-state index contributed by atoms with van der Waals surface area (Å²) in [7, 11) is -3.52. The second-order valence-electron chi connectivity index (χ2n) is 4.58. The summed E-state index contributed by atoms with van der Waals surface area (Å²) >= 11 is 1.05. The van der Waals surface area contributed by atoms with E-state index in [2.05, 4.69) is 17.2 Å². The van der Waals surface area contributed by atoms with Gasteiger partial charge in [-0.1, -0.05) is 19.1 Å². The minimum Gasteiger partial charge on any atom is -0.396 e. The van der Waals surface area contributed by atoms with Gasteiger partial charge in [0.15, 0.2) is 9.84 Å². The van der Waals surface area contributed by atoms with E-state index < -0.39 is 9.84 Å². The molecule has 1 aromatic heterocycles. The Balaban J connectivity index is 3.37. The minimum absolute atomic E-state index is 0.0111. The maximum Gasteiger partial charge on any atom is 0.263 e. The Labute approximate surface area is 129 Å². The molecule has 0 radical (unpaired) electrons. The van der Waals surface area contributed by atoms with Crippen LogP contribution >= 0.6 is 11.3 Å². The number of hydrogen-bond donors (Lipinski definition) is 3. The molecule has 0 saturated heterocycles. The SMILES string of the molecule is C=C(C)CNc1sc(C(=O)NCC)c(N)c1S(=O)(=O)CC. The number of nitrogens with two attached hydrogens (primary N) is 1. The summed E-state index contributed by atoms with van der Waals surface area (Å²) in [6.07, 6.45) is 0. The van der Waals surface area contributed by atoms with Gasteiger partial charge in [0.1, 0.15) is 14.8 Å². The molecule has 4 N–H and O–H groups in total. The molecule has 0 aliphatic carbocycles. The standard InChI is InChI=1S/C13H21N3O3S2/c1-5-15-12(17)10-9(14)11(21(18,19)6-2)13(20-10)16-7-8(3)4/h16H,3,5-7,14H2,1-2,4H3,(H,15,17). The number of thiophene rings is 1. The zero-order valence-corrected chi connectivity index (χ0v) is 14.1. The van der Waals surface area contributed by atoms with E-state index in [4.69, 9.17) is 5.73 Å². The molecule has 0 fully saturated rings. The van der Waals surface area contributed by atoms with Gasteiger partial charge >= 0.3 is 0 Å². The predicted molar refractivity (Wildman–Crippen MR) is 87.8 cm³/mol. The van der Waals surface area contributed by atoms with Crippen molar-refractivity contribution in [1.29, 1.82) is 0 Å². The predicted octanol–water partition coefficient (Wildman–Crippen LogP) is 1.86. The third-order valence-corrected chi connectivity index (χ3v) is 5.78. The maximum atomic E-state index is 12.2. The van der Waals surface area contributed by atoms with Crippen LogP contribution in [0.1, 0.15) is 30.4 Å². The van der Waals surface area contributed by atoms with Crippen LogP contribution < -0.4 is 16.4 Å². The third kappa shape index (κ3) is 3.98. The molecule has 1 aromatic rings. The molecule has 0 spiro atoms. The van der Waals surface area contributed by atoms with Crippen molar-refractivity contribution in [1.82, 2.24) is 5.32 Å². The minimum atomic E-state index is -3.52. The van der Waals surface area contributed by atoms with E-state index in [0.29, 0.717) is 18.1 Å². The van der Waals surface area contributed by atoms with Crippen molar-refractivity contribution in [2.45, 2.75) is 25.7 Å². The average Bonchev–Trinajstić information content (AvgIpc) is 2.74. The normalized spacial score (nSPS) is 11.2. The van der Waals surface area contributed by atoms with E-state index in [0.717, 1.165) is 16.9 Å². The van der Waals surface area contributed by atoms with Crippen LogP contribution in [0.4, 0.5) is 10.7 Å². The summed E-state index contributed by atoms with van der Waals surface area (Å²) < 4.78 is 24.4. The lowest BCUT2D eigenvalue weighted by molar-refractivity contribution is 0.0960. The summed E-state index contributed by atoms with van der Waals surface area (Å²) in [5.41, 5.74) is 6.77. The molecule has 21 heavy (non-hydrogen) atoms. The van der Waals surface area contributed by atoms with Crippen LogP contribution in [-0.4, -0.2) is 33.2 Å². The molecule has 1 rings (SSSR count). The molecule has 0 bridgehead atoms. The van der Waals surface area contributed by atoms with E-state index >= 15 is 0 Å². The number of rotatable bonds is 7. The van der Waals surface area contributed by atoms with E-state index in [-0.39, 0.29) is 27.1 Å². The first-order chi connectivity index (χ1) is 9.74. The van der Waals surface area contributed by atoms with E-state index in [1.54, 1.807) is 13.8 Å². The lowest BCUT2D eigenvalue weighted by Gasteiger charge is -2.07. The molecule has 1 heterocycles. The molecule has 0 atom stereocenters. The molecular weight excluding hydrogens is 310 g/mol. The molecule has 0 saturated carbocycles. The van der Waals surface area contributed by atoms with Crippen LogP contribution in [0.3, 0.4) is 0 Å². The molecule has 6 nitrogen and oxygen atoms in total. The van der Waals surface area contributed by atoms with E-state index in [1.807, 2.05) is 6.92 Å². The third-order valence-electron chi connectivity index (χ3n) is 2.68. The van der Waals surface area contributed by atoms with Gasteiger partial charge in [0.25, 0.3) is 5.91 Å². The number of nitrogen functional groups attached to an aromatic ring is 1. The van der Waals surface area contributed by atoms with Gasteiger partial charge in [0.2, 0.25) is 0 Å². The Morgan fingerprint density at radius 3 is 2.48 bits per heavy atom. The van der Waals surface area contributed by atoms with Gasteiger partial charge in [0, 0.05) is 13.1 Å². The summed E-state index contributed by atoms with van der Waals surface area (Å²) in [5.74, 6) is -0.444. The Morgan fingerprint density at radius 1 is 1.38 bits per heavy atom. The van der Waals surface area contributed by atoms with Crippen molar-refractivity contribution >= 4 is 37.8 Å². The summed E-state index contributed by atoms with van der Waals surface area (Å²) in [4.78, 5) is 12.2. The molecule has 0 aromatic carbocycles. The Bertz CT molecular complexity index is 648. The van der Waals surface area contributed by atoms with Gasteiger partial charge < -0.3 is 16.4 Å². The molecule has 118 valence electrons. The zero-order valence-electron chi connectivity index (χ0n) is 12.4. The fourth-order valence-electron chi connectivity index (χ4n) is 1.64. The second kappa shape index (κ2) is 6.95. The average molecular weight is 331 g/mol. The highest BCUT2D eigenvalue weighted by Gasteiger charge is 2.28. The largest absolute Gasteiger partial charge is 0.396 e. The van der Waals surface area contributed by atoms with Crippen LogP contribution in [0.2, 0.25) is 0 Å². The van der Waals surface area contributed by atoms with Gasteiger partial charge in [0.05, 0.1) is 11.4 Å². The number of sulfone groups is 1. The first kappa shape index (κ1) is 17.5. The highest BCUT2D eigenvalue weighted by molar-refractivity contribution is 7.91. The van der Waals surface area contributed by atoms with Gasteiger partial charge in [-0.15, -0.1) is 11.3 Å². The van der Waals surface area contributed by atoms with E-state index in [9.17, 15) is 13.2 Å². The second-order valence-corrected chi connectivity index (χ2v) is 7.81. The van der Waals surface area contributed by atoms with Crippen LogP contribution in [0.25, 0.3) is 0 Å². The fourth-order valence-corrected chi connectivity index (χ4v) is 4.22. The van der Waals surface area contributed by atoms with Crippen LogP contribution in [0.15, 0.2) is 17.0 Å². The van der Waals surface area contributed by atoms with Crippen molar-refractivity contribution in [3.8, 4) is 0 Å². The number of anilines is 2. The first-order valence-electron chi connectivity index (χ1n) is 6.56. The molecule has 0 unspecified atom stereocenters. The van der Waals surface area contributed by atoms with Crippen LogP contribution in [0, 0.1) is 0 Å². The van der Waals surface area contributed by atoms with Gasteiger partial charge in [-0.25, -0.2) is 8.42 Å². The monoisotopic (exact) mass is 331 g/mol. The number of hydrogen-bond acceptors (Lipinski definition) is 6. The topological polar surface area (TPSA) is 101 Å². The zero-order chi connectivity index (χ0) is 16.2. The van der Waals surface area contributed by atoms with Crippen molar-refractivity contribution in [3.05, 3.63) is 17.0 Å². The van der Waals surface area contributed by atoms with Crippen molar-refractivity contribution in [2.75, 3.05) is 29.9 Å². The Kier molecular flexibility index (Phi) is 5.79. The van der Waals surface area contributed by atoms with Gasteiger partial charge in [-0.05, 0) is 13.8 Å². The fraction of sp³-hybridized carbons (Fsp3) is 0.462. The molecule has 0 aliphatic rings. The Hall–Kier alpha value is -1.54. The number of carbonyl (C=O) groups is 1. The van der Waals surface area contributed by atoms with Crippen LogP contribution in [-0.2, 0) is 9.84 Å². The van der Waals surface area contributed by atoms with E-state index in [1.165, 1.54) is 0 Å². The molecule has 1 amide bonds. The lowest BCUT2D eigenvalue weighted by Crippen LogP contribution is -2.22. The Morgan fingerprint density at radius 2 is 2.00 bits per heavy atom. The summed E-state index contributed by atoms with van der Waals surface area (Å²) in [6.45, 7) is 9.77. The van der Waals surface area contributed by atoms with Gasteiger partial charge in [-0.3, -0.25) is 4.79 Å². The summed E-state index contributed by atoms with van der Waals surface area (Å²) in [5, 5.41) is 6.01. The highest BCUT2D eigenvalue weighted by Crippen LogP contribution is 2.39. The maximum absolute atomic E-state index is 12.2. The van der Waals surface area contributed by atoms with Gasteiger partial charge in [-0.2, -0.15) is 0 Å². The quantitative estimate of drug-likeness (QED) is 0.662. The number of carbonyl (C=O) groups excluding carboxylic acids is 1. The lowest BCUT2D eigenvalue weighted by atomic mass is 10.3. The highest BCUT2D eigenvalue weighted by atomic mass is 32.2. The molecular formula is C13H21N3O3S2. The smallest absolute Gasteiger partial charge is 0.263 e. The van der Waals surface area contributed by atoms with Crippen molar-refractivity contribution in [2.24, 2.45) is 0 Å². The van der Waals surface area contributed by atoms with Crippen molar-refractivity contribution < 1.29 is 13.2 Å².